The van der Waals surface area contributed by atoms with Gasteiger partial charge in [0, 0.05) is 18.6 Å². The fraction of sp³-hybridized carbons (Fsp3) is 0.684. The molecule has 1 N–H and O–H groups in total. The molecule has 1 aliphatic heterocycles. The van der Waals surface area contributed by atoms with Crippen molar-refractivity contribution < 1.29 is 0 Å². The minimum atomic E-state index is 0.500. The Bertz CT molecular complexity index is 388. The molecule has 0 amide bonds. The summed E-state index contributed by atoms with van der Waals surface area (Å²) in [7, 11) is 0. The van der Waals surface area contributed by atoms with Gasteiger partial charge in [0.05, 0.1) is 0 Å². The van der Waals surface area contributed by atoms with Crippen LogP contribution in [0.3, 0.4) is 0 Å². The lowest BCUT2D eigenvalue weighted by molar-refractivity contribution is 0.196. The Morgan fingerprint density at radius 1 is 1.24 bits per heavy atom. The molecule has 118 valence electrons. The van der Waals surface area contributed by atoms with Crippen LogP contribution in [-0.2, 0) is 0 Å². The van der Waals surface area contributed by atoms with Crippen LogP contribution in [0.5, 0.6) is 0 Å². The predicted octanol–water partition coefficient (Wildman–Crippen LogP) is 4.24. The Labute approximate surface area is 130 Å². The standard InChI is InChI=1S/C19H32N2/c1-4-13-20-18(17-9-6-5-7-10-17)12-15-21-14-8-11-19(21)16(2)3/h5-7,9-10,16,18-20H,4,8,11-15H2,1-3H3. The van der Waals surface area contributed by atoms with Crippen LogP contribution >= 0.6 is 0 Å². The molecule has 2 atom stereocenters. The molecule has 2 rings (SSSR count). The highest BCUT2D eigenvalue weighted by Gasteiger charge is 2.27. The quantitative estimate of drug-likeness (QED) is 0.770. The third kappa shape index (κ3) is 4.82. The van der Waals surface area contributed by atoms with Gasteiger partial charge in [-0.25, -0.2) is 0 Å². The molecular formula is C19H32N2. The molecule has 1 aliphatic rings. The average Bonchev–Trinajstić information content (AvgIpc) is 2.97. The van der Waals surface area contributed by atoms with Crippen LogP contribution in [0.2, 0.25) is 0 Å². The summed E-state index contributed by atoms with van der Waals surface area (Å²) in [6.07, 6.45) is 5.17. The van der Waals surface area contributed by atoms with Crippen molar-refractivity contribution >= 4 is 0 Å². The fourth-order valence-electron chi connectivity index (χ4n) is 3.57. The SMILES string of the molecule is CCCNC(CCN1CCCC1C(C)C)c1ccccc1. The monoisotopic (exact) mass is 288 g/mol. The van der Waals surface area contributed by atoms with Crippen LogP contribution in [0, 0.1) is 5.92 Å². The van der Waals surface area contributed by atoms with Gasteiger partial charge in [-0.05, 0) is 50.3 Å². The predicted molar refractivity (Wildman–Crippen MR) is 91.5 cm³/mol. The van der Waals surface area contributed by atoms with Gasteiger partial charge in [0.1, 0.15) is 0 Å². The first-order chi connectivity index (χ1) is 10.2. The molecular weight excluding hydrogens is 256 g/mol. The van der Waals surface area contributed by atoms with Crippen molar-refractivity contribution in [3.05, 3.63) is 35.9 Å². The van der Waals surface area contributed by atoms with E-state index in [1.165, 1.54) is 44.3 Å². The third-order valence-corrected chi connectivity index (χ3v) is 4.73. The highest BCUT2D eigenvalue weighted by Crippen LogP contribution is 2.25. The maximum atomic E-state index is 3.73. The first-order valence-corrected chi connectivity index (χ1v) is 8.74. The second kappa shape index (κ2) is 8.55. The van der Waals surface area contributed by atoms with E-state index in [-0.39, 0.29) is 0 Å². The van der Waals surface area contributed by atoms with E-state index < -0.39 is 0 Å². The van der Waals surface area contributed by atoms with E-state index in [0.717, 1.165) is 18.5 Å². The summed E-state index contributed by atoms with van der Waals surface area (Å²) >= 11 is 0. The number of hydrogen-bond acceptors (Lipinski definition) is 2. The Morgan fingerprint density at radius 3 is 2.67 bits per heavy atom. The number of rotatable bonds is 8. The molecule has 0 saturated carbocycles. The summed E-state index contributed by atoms with van der Waals surface area (Å²) < 4.78 is 0. The summed E-state index contributed by atoms with van der Waals surface area (Å²) in [5.74, 6) is 0.784. The average molecular weight is 288 g/mol. The molecule has 1 aromatic rings. The second-order valence-electron chi connectivity index (χ2n) is 6.70. The number of hydrogen-bond donors (Lipinski definition) is 1. The van der Waals surface area contributed by atoms with Gasteiger partial charge in [0.2, 0.25) is 0 Å². The second-order valence-corrected chi connectivity index (χ2v) is 6.70. The molecule has 21 heavy (non-hydrogen) atoms. The summed E-state index contributed by atoms with van der Waals surface area (Å²) in [5, 5.41) is 3.73. The molecule has 1 aromatic carbocycles. The van der Waals surface area contributed by atoms with E-state index in [1.54, 1.807) is 0 Å². The van der Waals surface area contributed by atoms with Crippen molar-refractivity contribution in [2.45, 2.75) is 58.5 Å². The summed E-state index contributed by atoms with van der Waals surface area (Å²) in [6, 6.07) is 12.2. The first-order valence-electron chi connectivity index (χ1n) is 8.74. The van der Waals surface area contributed by atoms with Gasteiger partial charge in [-0.2, -0.15) is 0 Å². The van der Waals surface area contributed by atoms with Crippen LogP contribution in [0.1, 0.15) is 58.1 Å². The maximum Gasteiger partial charge on any atom is 0.0332 e. The molecule has 0 aromatic heterocycles. The van der Waals surface area contributed by atoms with E-state index in [1.807, 2.05) is 0 Å². The molecule has 1 heterocycles. The van der Waals surface area contributed by atoms with Crippen LogP contribution in [-0.4, -0.2) is 30.6 Å². The third-order valence-electron chi connectivity index (χ3n) is 4.73. The first kappa shape index (κ1) is 16.5. The molecule has 0 bridgehead atoms. The van der Waals surface area contributed by atoms with Crippen molar-refractivity contribution in [1.82, 2.24) is 10.2 Å². The number of nitrogens with zero attached hydrogens (tertiary/aromatic N) is 1. The van der Waals surface area contributed by atoms with E-state index in [0.29, 0.717) is 6.04 Å². The molecule has 2 nitrogen and oxygen atoms in total. The van der Waals surface area contributed by atoms with Gasteiger partial charge in [0.15, 0.2) is 0 Å². The molecule has 1 saturated heterocycles. The van der Waals surface area contributed by atoms with Gasteiger partial charge in [-0.3, -0.25) is 0 Å². The van der Waals surface area contributed by atoms with Crippen LogP contribution in [0.4, 0.5) is 0 Å². The van der Waals surface area contributed by atoms with Crippen LogP contribution in [0.25, 0.3) is 0 Å². The van der Waals surface area contributed by atoms with Gasteiger partial charge in [-0.1, -0.05) is 51.1 Å². The minimum Gasteiger partial charge on any atom is -0.310 e. The minimum absolute atomic E-state index is 0.500. The zero-order valence-electron chi connectivity index (χ0n) is 14.0. The summed E-state index contributed by atoms with van der Waals surface area (Å²) in [4.78, 5) is 2.72. The lowest BCUT2D eigenvalue weighted by Crippen LogP contribution is -2.36. The van der Waals surface area contributed by atoms with E-state index in [4.69, 9.17) is 0 Å². The lowest BCUT2D eigenvalue weighted by Gasteiger charge is -2.29. The number of nitrogens with one attached hydrogen (secondary N) is 1. The molecule has 1 fully saturated rings. The van der Waals surface area contributed by atoms with Gasteiger partial charge in [0.25, 0.3) is 0 Å². The van der Waals surface area contributed by atoms with Gasteiger partial charge in [-0.15, -0.1) is 0 Å². The van der Waals surface area contributed by atoms with Crippen LogP contribution < -0.4 is 5.32 Å². The highest BCUT2D eigenvalue weighted by atomic mass is 15.2. The largest absolute Gasteiger partial charge is 0.310 e. The lowest BCUT2D eigenvalue weighted by atomic mass is 10.00. The van der Waals surface area contributed by atoms with Crippen LogP contribution in [0.15, 0.2) is 30.3 Å². The molecule has 2 heteroatoms. The summed E-state index contributed by atoms with van der Waals surface area (Å²) in [6.45, 7) is 10.6. The van der Waals surface area contributed by atoms with E-state index in [9.17, 15) is 0 Å². The van der Waals surface area contributed by atoms with E-state index >= 15 is 0 Å². The zero-order chi connectivity index (χ0) is 15.1. The molecule has 0 spiro atoms. The maximum absolute atomic E-state index is 3.73. The fourth-order valence-corrected chi connectivity index (χ4v) is 3.57. The van der Waals surface area contributed by atoms with Crippen molar-refractivity contribution in [2.75, 3.05) is 19.6 Å². The Balaban J connectivity index is 1.93. The van der Waals surface area contributed by atoms with Gasteiger partial charge < -0.3 is 10.2 Å². The summed E-state index contributed by atoms with van der Waals surface area (Å²) in [5.41, 5.74) is 1.44. The smallest absolute Gasteiger partial charge is 0.0332 e. The normalized spacial score (nSPS) is 21.0. The Kier molecular flexibility index (Phi) is 6.72. The number of likely N-dealkylation sites (tertiary alicyclic amines) is 1. The molecule has 0 radical (unpaired) electrons. The molecule has 0 aliphatic carbocycles. The van der Waals surface area contributed by atoms with Crippen molar-refractivity contribution in [2.24, 2.45) is 5.92 Å². The Morgan fingerprint density at radius 2 is 2.00 bits per heavy atom. The molecule has 2 unspecified atom stereocenters. The van der Waals surface area contributed by atoms with Crippen molar-refractivity contribution in [3.8, 4) is 0 Å². The van der Waals surface area contributed by atoms with Gasteiger partial charge >= 0.3 is 0 Å². The van der Waals surface area contributed by atoms with Crippen molar-refractivity contribution in [3.63, 3.8) is 0 Å². The van der Waals surface area contributed by atoms with E-state index in [2.05, 4.69) is 61.3 Å². The topological polar surface area (TPSA) is 15.3 Å². The number of benzene rings is 1. The highest BCUT2D eigenvalue weighted by molar-refractivity contribution is 5.18. The zero-order valence-corrected chi connectivity index (χ0v) is 14.0. The Hall–Kier alpha value is -0.860. The van der Waals surface area contributed by atoms with Crippen molar-refractivity contribution in [1.29, 1.82) is 0 Å².